The van der Waals surface area contributed by atoms with Crippen molar-refractivity contribution in [2.45, 2.75) is 12.8 Å². The lowest BCUT2D eigenvalue weighted by atomic mass is 10.1. The van der Waals surface area contributed by atoms with Crippen molar-refractivity contribution < 1.29 is 4.79 Å². The van der Waals surface area contributed by atoms with Gasteiger partial charge in [0.1, 0.15) is 0 Å². The van der Waals surface area contributed by atoms with Crippen molar-refractivity contribution >= 4 is 17.5 Å². The number of carbonyl (C=O) groups excluding carboxylic acids is 1. The molecule has 0 radical (unpaired) electrons. The maximum Gasteiger partial charge on any atom is 0.224 e. The highest BCUT2D eigenvalue weighted by Crippen LogP contribution is 2.15. The molecule has 0 atom stereocenters. The lowest BCUT2D eigenvalue weighted by Crippen LogP contribution is -2.45. The lowest BCUT2D eigenvalue weighted by molar-refractivity contribution is -0.120. The minimum Gasteiger partial charge on any atom is -0.356 e. The molecule has 1 saturated heterocycles. The number of carbonyl (C=O) groups is 1. The van der Waals surface area contributed by atoms with Crippen LogP contribution in [0.1, 0.15) is 12.0 Å². The third-order valence-electron chi connectivity index (χ3n) is 3.88. The van der Waals surface area contributed by atoms with Gasteiger partial charge in [-0.15, -0.1) is 0 Å². The van der Waals surface area contributed by atoms with Crippen LogP contribution >= 0.6 is 11.6 Å². The van der Waals surface area contributed by atoms with Crippen LogP contribution in [0.25, 0.3) is 0 Å². The Morgan fingerprint density at radius 1 is 1.24 bits per heavy atom. The first-order chi connectivity index (χ1) is 10.1. The fourth-order valence-electron chi connectivity index (χ4n) is 2.48. The summed E-state index contributed by atoms with van der Waals surface area (Å²) in [7, 11) is 2.16. The standard InChI is InChI=1S/C16H24ClN3O/c1-19-9-11-20(12-10-19)8-4-7-18-16(21)13-14-5-2-3-6-15(14)17/h2-3,5-6H,4,7-13H2,1H3,(H,18,21). The highest BCUT2D eigenvalue weighted by molar-refractivity contribution is 6.31. The molecule has 1 aliphatic rings. The zero-order valence-electron chi connectivity index (χ0n) is 12.6. The molecule has 1 heterocycles. The Morgan fingerprint density at radius 3 is 2.67 bits per heavy atom. The Labute approximate surface area is 132 Å². The summed E-state index contributed by atoms with van der Waals surface area (Å²) in [6.45, 7) is 6.32. The molecule has 0 saturated carbocycles. The predicted octanol–water partition coefficient (Wildman–Crippen LogP) is 1.64. The summed E-state index contributed by atoms with van der Waals surface area (Å²) in [4.78, 5) is 16.7. The molecule has 2 rings (SSSR count). The quantitative estimate of drug-likeness (QED) is 0.812. The maximum atomic E-state index is 11.9. The molecular weight excluding hydrogens is 286 g/mol. The second kappa shape index (κ2) is 8.37. The molecule has 0 aromatic heterocycles. The van der Waals surface area contributed by atoms with Crippen molar-refractivity contribution in [3.05, 3.63) is 34.9 Å². The normalized spacial score (nSPS) is 16.9. The Bertz CT molecular complexity index is 459. The summed E-state index contributed by atoms with van der Waals surface area (Å²) in [6.07, 6.45) is 1.35. The van der Waals surface area contributed by atoms with E-state index in [0.29, 0.717) is 11.4 Å². The molecule has 1 amide bonds. The number of likely N-dealkylation sites (N-methyl/N-ethyl adjacent to an activating group) is 1. The average molecular weight is 310 g/mol. The number of amides is 1. The van der Waals surface area contributed by atoms with E-state index >= 15 is 0 Å². The van der Waals surface area contributed by atoms with Gasteiger partial charge in [-0.2, -0.15) is 0 Å². The topological polar surface area (TPSA) is 35.6 Å². The van der Waals surface area contributed by atoms with Gasteiger partial charge in [0.05, 0.1) is 6.42 Å². The Balaban J connectivity index is 1.60. The molecule has 21 heavy (non-hydrogen) atoms. The van der Waals surface area contributed by atoms with Crippen LogP contribution in [0.3, 0.4) is 0 Å². The van der Waals surface area contributed by atoms with E-state index in [-0.39, 0.29) is 5.91 Å². The van der Waals surface area contributed by atoms with Crippen LogP contribution < -0.4 is 5.32 Å². The summed E-state index contributed by atoms with van der Waals surface area (Å²) < 4.78 is 0. The Kier molecular flexibility index (Phi) is 6.49. The highest BCUT2D eigenvalue weighted by Gasteiger charge is 2.13. The molecule has 116 valence electrons. The first kappa shape index (κ1) is 16.3. The first-order valence-electron chi connectivity index (χ1n) is 7.56. The summed E-state index contributed by atoms with van der Waals surface area (Å²) in [5.74, 6) is 0.0430. The maximum absolute atomic E-state index is 11.9. The fraction of sp³-hybridized carbons (Fsp3) is 0.562. The van der Waals surface area contributed by atoms with Gasteiger partial charge < -0.3 is 15.1 Å². The highest BCUT2D eigenvalue weighted by atomic mass is 35.5. The number of rotatable bonds is 6. The van der Waals surface area contributed by atoms with Gasteiger partial charge in [-0.05, 0) is 31.6 Å². The van der Waals surface area contributed by atoms with Gasteiger partial charge in [0.2, 0.25) is 5.91 Å². The van der Waals surface area contributed by atoms with E-state index in [1.54, 1.807) is 0 Å². The van der Waals surface area contributed by atoms with Gasteiger partial charge in [-0.1, -0.05) is 29.8 Å². The van der Waals surface area contributed by atoms with Crippen LogP contribution in [0.5, 0.6) is 0 Å². The Morgan fingerprint density at radius 2 is 1.95 bits per heavy atom. The minimum atomic E-state index is 0.0430. The molecule has 1 aromatic rings. The summed E-state index contributed by atoms with van der Waals surface area (Å²) >= 11 is 6.05. The number of nitrogens with one attached hydrogen (secondary N) is 1. The number of halogens is 1. The zero-order chi connectivity index (χ0) is 15.1. The van der Waals surface area contributed by atoms with Crippen molar-refractivity contribution in [1.29, 1.82) is 0 Å². The molecule has 0 spiro atoms. The van der Waals surface area contributed by atoms with E-state index < -0.39 is 0 Å². The van der Waals surface area contributed by atoms with Gasteiger partial charge in [0.15, 0.2) is 0 Å². The van der Waals surface area contributed by atoms with Gasteiger partial charge in [-0.25, -0.2) is 0 Å². The largest absolute Gasteiger partial charge is 0.356 e. The van der Waals surface area contributed by atoms with E-state index in [4.69, 9.17) is 11.6 Å². The Hall–Kier alpha value is -1.10. The van der Waals surface area contributed by atoms with E-state index in [1.165, 1.54) is 0 Å². The van der Waals surface area contributed by atoms with E-state index in [1.807, 2.05) is 24.3 Å². The molecule has 0 aliphatic carbocycles. The van der Waals surface area contributed by atoms with Crippen molar-refractivity contribution in [2.75, 3.05) is 46.3 Å². The molecule has 1 aromatic carbocycles. The molecule has 0 bridgehead atoms. The van der Waals surface area contributed by atoms with Crippen LogP contribution in [0, 0.1) is 0 Å². The molecule has 4 nitrogen and oxygen atoms in total. The van der Waals surface area contributed by atoms with Crippen LogP contribution in [0.15, 0.2) is 24.3 Å². The van der Waals surface area contributed by atoms with Gasteiger partial charge in [-0.3, -0.25) is 4.79 Å². The fourth-order valence-corrected chi connectivity index (χ4v) is 2.68. The van der Waals surface area contributed by atoms with Crippen molar-refractivity contribution in [2.24, 2.45) is 0 Å². The van der Waals surface area contributed by atoms with Crippen LogP contribution in [0.4, 0.5) is 0 Å². The third-order valence-corrected chi connectivity index (χ3v) is 4.25. The average Bonchev–Trinajstić information content (AvgIpc) is 2.48. The number of hydrogen-bond donors (Lipinski definition) is 1. The zero-order valence-corrected chi connectivity index (χ0v) is 13.4. The summed E-state index contributed by atoms with van der Waals surface area (Å²) in [5, 5.41) is 3.63. The number of hydrogen-bond acceptors (Lipinski definition) is 3. The van der Waals surface area contributed by atoms with E-state index in [9.17, 15) is 4.79 Å². The summed E-state index contributed by atoms with van der Waals surface area (Å²) in [6, 6.07) is 7.49. The molecule has 0 unspecified atom stereocenters. The van der Waals surface area contributed by atoms with Crippen LogP contribution in [0.2, 0.25) is 5.02 Å². The van der Waals surface area contributed by atoms with E-state index in [0.717, 1.165) is 51.3 Å². The molecule has 1 aliphatic heterocycles. The predicted molar refractivity (Wildman–Crippen MR) is 86.7 cm³/mol. The van der Waals surface area contributed by atoms with Gasteiger partial charge >= 0.3 is 0 Å². The molecular formula is C16H24ClN3O. The summed E-state index contributed by atoms with van der Waals surface area (Å²) in [5.41, 5.74) is 0.885. The van der Waals surface area contributed by atoms with Crippen molar-refractivity contribution in [1.82, 2.24) is 15.1 Å². The van der Waals surface area contributed by atoms with Crippen LogP contribution in [-0.4, -0.2) is 62.0 Å². The number of benzene rings is 1. The lowest BCUT2D eigenvalue weighted by Gasteiger charge is -2.32. The second-order valence-corrected chi connectivity index (χ2v) is 6.02. The molecule has 1 N–H and O–H groups in total. The number of piperazine rings is 1. The first-order valence-corrected chi connectivity index (χ1v) is 7.94. The minimum absolute atomic E-state index is 0.0430. The monoisotopic (exact) mass is 309 g/mol. The smallest absolute Gasteiger partial charge is 0.224 e. The van der Waals surface area contributed by atoms with Gasteiger partial charge in [0.25, 0.3) is 0 Å². The second-order valence-electron chi connectivity index (χ2n) is 5.62. The van der Waals surface area contributed by atoms with Crippen LogP contribution in [-0.2, 0) is 11.2 Å². The molecule has 1 fully saturated rings. The number of nitrogens with zero attached hydrogens (tertiary/aromatic N) is 2. The SMILES string of the molecule is CN1CCN(CCCNC(=O)Cc2ccccc2Cl)CC1. The van der Waals surface area contributed by atoms with Gasteiger partial charge in [0, 0.05) is 37.7 Å². The van der Waals surface area contributed by atoms with E-state index in [2.05, 4.69) is 22.2 Å². The van der Waals surface area contributed by atoms with Crippen molar-refractivity contribution in [3.63, 3.8) is 0 Å². The third kappa shape index (κ3) is 5.65. The van der Waals surface area contributed by atoms with Crippen molar-refractivity contribution in [3.8, 4) is 0 Å². The molecule has 5 heteroatoms.